The van der Waals surface area contributed by atoms with E-state index in [1.165, 1.54) is 17.8 Å². The summed E-state index contributed by atoms with van der Waals surface area (Å²) in [5, 5.41) is 0. The van der Waals surface area contributed by atoms with Gasteiger partial charge in [-0.05, 0) is 36.6 Å². The molecule has 0 N–H and O–H groups in total. The van der Waals surface area contributed by atoms with E-state index in [4.69, 9.17) is 4.74 Å². The normalized spacial score (nSPS) is 20.3. The number of hydrogen-bond donors (Lipinski definition) is 0. The van der Waals surface area contributed by atoms with Gasteiger partial charge < -0.3 is 14.5 Å². The molecule has 158 valence electrons. The highest BCUT2D eigenvalue weighted by atomic mass is 19.4. The Morgan fingerprint density at radius 1 is 1.23 bits per heavy atom. The van der Waals surface area contributed by atoms with Crippen molar-refractivity contribution in [2.75, 3.05) is 24.6 Å². The molecule has 1 fully saturated rings. The van der Waals surface area contributed by atoms with Crippen molar-refractivity contribution >= 4 is 11.6 Å². The number of hydrogen-bond acceptors (Lipinski definition) is 5. The molecule has 0 spiro atoms. The number of ether oxygens (including phenoxy) is 1. The van der Waals surface area contributed by atoms with Crippen LogP contribution in [0.5, 0.6) is 5.88 Å². The van der Waals surface area contributed by atoms with Crippen LogP contribution in [-0.4, -0.2) is 40.5 Å². The van der Waals surface area contributed by atoms with Gasteiger partial charge in [-0.3, -0.25) is 4.79 Å². The molecule has 2 aromatic heterocycles. The minimum Gasteiger partial charge on any atom is -0.477 e. The SMILES string of the molecule is Cc1c2c(nc3c1CCO3)CN(C(=O)[C@@H]1CCN(c3ccc(C(F)(F)F)nc3)C1)C2. The molecule has 0 radical (unpaired) electrons. The van der Waals surface area contributed by atoms with E-state index in [0.717, 1.165) is 29.3 Å². The van der Waals surface area contributed by atoms with Gasteiger partial charge in [-0.1, -0.05) is 0 Å². The first kappa shape index (κ1) is 19.1. The third-order valence-electron chi connectivity index (χ3n) is 6.28. The third kappa shape index (κ3) is 3.16. The molecule has 5 heterocycles. The topological polar surface area (TPSA) is 58.6 Å². The zero-order valence-electron chi connectivity index (χ0n) is 16.5. The van der Waals surface area contributed by atoms with Gasteiger partial charge in [-0.2, -0.15) is 13.2 Å². The van der Waals surface area contributed by atoms with Gasteiger partial charge >= 0.3 is 6.18 Å². The number of nitrogens with zero attached hydrogens (tertiary/aromatic N) is 4. The third-order valence-corrected chi connectivity index (χ3v) is 6.28. The fourth-order valence-electron chi connectivity index (χ4n) is 4.60. The summed E-state index contributed by atoms with van der Waals surface area (Å²) in [5.74, 6) is 0.572. The van der Waals surface area contributed by atoms with Crippen LogP contribution in [0.15, 0.2) is 18.3 Å². The van der Waals surface area contributed by atoms with Gasteiger partial charge in [0.05, 0.1) is 36.6 Å². The van der Waals surface area contributed by atoms with E-state index in [9.17, 15) is 18.0 Å². The number of aromatic nitrogens is 2. The van der Waals surface area contributed by atoms with Gasteiger partial charge in [-0.25, -0.2) is 9.97 Å². The smallest absolute Gasteiger partial charge is 0.433 e. The monoisotopic (exact) mass is 418 g/mol. The van der Waals surface area contributed by atoms with Gasteiger partial charge in [0, 0.05) is 31.6 Å². The molecule has 5 rings (SSSR count). The maximum atomic E-state index is 13.1. The summed E-state index contributed by atoms with van der Waals surface area (Å²) < 4.78 is 43.7. The lowest BCUT2D eigenvalue weighted by molar-refractivity contribution is -0.141. The molecule has 1 atom stereocenters. The summed E-state index contributed by atoms with van der Waals surface area (Å²) in [7, 11) is 0. The lowest BCUT2D eigenvalue weighted by Crippen LogP contribution is -2.34. The summed E-state index contributed by atoms with van der Waals surface area (Å²) in [6, 6.07) is 2.40. The molecule has 1 saturated heterocycles. The van der Waals surface area contributed by atoms with E-state index in [-0.39, 0.29) is 11.8 Å². The highest BCUT2D eigenvalue weighted by molar-refractivity contribution is 5.81. The Hall–Kier alpha value is -2.84. The maximum Gasteiger partial charge on any atom is 0.433 e. The van der Waals surface area contributed by atoms with Gasteiger partial charge in [0.1, 0.15) is 5.69 Å². The summed E-state index contributed by atoms with van der Waals surface area (Å²) in [5.41, 5.74) is 4.04. The molecule has 9 heteroatoms. The van der Waals surface area contributed by atoms with Crippen LogP contribution >= 0.6 is 0 Å². The molecule has 6 nitrogen and oxygen atoms in total. The van der Waals surface area contributed by atoms with Crippen LogP contribution in [0, 0.1) is 12.8 Å². The predicted molar refractivity (Wildman–Crippen MR) is 102 cm³/mol. The van der Waals surface area contributed by atoms with E-state index in [1.54, 1.807) is 0 Å². The lowest BCUT2D eigenvalue weighted by Gasteiger charge is -2.21. The van der Waals surface area contributed by atoms with Crippen molar-refractivity contribution < 1.29 is 22.7 Å². The van der Waals surface area contributed by atoms with Crippen LogP contribution in [0.1, 0.15) is 34.5 Å². The summed E-state index contributed by atoms with van der Waals surface area (Å²) >= 11 is 0. The number of halogens is 3. The first-order valence-corrected chi connectivity index (χ1v) is 10.0. The Bertz CT molecular complexity index is 1010. The molecule has 0 aliphatic carbocycles. The Labute approximate surface area is 171 Å². The molecule has 0 unspecified atom stereocenters. The molecular formula is C21H21F3N4O2. The summed E-state index contributed by atoms with van der Waals surface area (Å²) in [4.78, 5) is 25.0. The van der Waals surface area contributed by atoms with E-state index < -0.39 is 11.9 Å². The highest BCUT2D eigenvalue weighted by Crippen LogP contribution is 2.36. The second-order valence-electron chi connectivity index (χ2n) is 8.07. The molecule has 30 heavy (non-hydrogen) atoms. The van der Waals surface area contributed by atoms with Crippen LogP contribution in [0.25, 0.3) is 0 Å². The number of anilines is 1. The standard InChI is InChI=1S/C21H21F3N4O2/c1-12-15-5-7-30-19(15)26-17-11-28(10-16(12)17)20(29)13-4-6-27(9-13)14-2-3-18(25-8-14)21(22,23)24/h2-3,8,13H,4-7,9-11H2,1H3/t13-/m1/s1. The van der Waals surface area contributed by atoms with Crippen LogP contribution in [0.3, 0.4) is 0 Å². The fourth-order valence-corrected chi connectivity index (χ4v) is 4.60. The average Bonchev–Trinajstić information content (AvgIpc) is 3.46. The lowest BCUT2D eigenvalue weighted by atomic mass is 10.0. The number of carbonyl (C=O) groups is 1. The zero-order valence-corrected chi connectivity index (χ0v) is 16.5. The number of fused-ring (bicyclic) bond motifs is 2. The van der Waals surface area contributed by atoms with Gasteiger partial charge in [-0.15, -0.1) is 0 Å². The second kappa shape index (κ2) is 6.85. The molecular weight excluding hydrogens is 397 g/mol. The Kier molecular flexibility index (Phi) is 4.37. The first-order chi connectivity index (χ1) is 14.3. The molecule has 2 aromatic rings. The fraction of sp³-hybridized carbons (Fsp3) is 0.476. The van der Waals surface area contributed by atoms with Crippen molar-refractivity contribution in [1.82, 2.24) is 14.9 Å². The van der Waals surface area contributed by atoms with Crippen molar-refractivity contribution in [3.63, 3.8) is 0 Å². The van der Waals surface area contributed by atoms with Crippen molar-refractivity contribution in [2.45, 2.75) is 39.0 Å². The van der Waals surface area contributed by atoms with Crippen molar-refractivity contribution in [3.8, 4) is 5.88 Å². The van der Waals surface area contributed by atoms with Crippen LogP contribution < -0.4 is 9.64 Å². The molecule has 1 amide bonds. The second-order valence-corrected chi connectivity index (χ2v) is 8.07. The van der Waals surface area contributed by atoms with Gasteiger partial charge in [0.15, 0.2) is 0 Å². The van der Waals surface area contributed by atoms with Crippen LogP contribution in [0.2, 0.25) is 0 Å². The Morgan fingerprint density at radius 3 is 2.80 bits per heavy atom. The number of carbonyl (C=O) groups excluding carboxylic acids is 1. The van der Waals surface area contributed by atoms with E-state index in [1.807, 2.05) is 9.80 Å². The van der Waals surface area contributed by atoms with Crippen LogP contribution in [0.4, 0.5) is 18.9 Å². The molecule has 0 bridgehead atoms. The predicted octanol–water partition coefficient (Wildman–Crippen LogP) is 3.11. The van der Waals surface area contributed by atoms with Crippen molar-refractivity contribution in [3.05, 3.63) is 46.4 Å². The minimum absolute atomic E-state index is 0.0656. The highest BCUT2D eigenvalue weighted by Gasteiger charge is 2.37. The number of pyridine rings is 2. The zero-order chi connectivity index (χ0) is 21.0. The Balaban J connectivity index is 1.26. The minimum atomic E-state index is -4.45. The molecule has 3 aliphatic heterocycles. The largest absolute Gasteiger partial charge is 0.477 e. The van der Waals surface area contributed by atoms with E-state index in [2.05, 4.69) is 16.9 Å². The number of amides is 1. The average molecular weight is 418 g/mol. The first-order valence-electron chi connectivity index (χ1n) is 10.0. The van der Waals surface area contributed by atoms with Gasteiger partial charge in [0.25, 0.3) is 0 Å². The van der Waals surface area contributed by atoms with E-state index >= 15 is 0 Å². The molecule has 0 aromatic carbocycles. The van der Waals surface area contributed by atoms with Crippen molar-refractivity contribution in [1.29, 1.82) is 0 Å². The summed E-state index contributed by atoms with van der Waals surface area (Å²) in [6.07, 6.45) is -1.70. The quantitative estimate of drug-likeness (QED) is 0.750. The van der Waals surface area contributed by atoms with Crippen molar-refractivity contribution in [2.24, 2.45) is 5.92 Å². The summed E-state index contributed by atoms with van der Waals surface area (Å²) in [6.45, 7) is 4.85. The van der Waals surface area contributed by atoms with Gasteiger partial charge in [0.2, 0.25) is 11.8 Å². The van der Waals surface area contributed by atoms with Crippen LogP contribution in [-0.2, 0) is 30.5 Å². The number of rotatable bonds is 2. The maximum absolute atomic E-state index is 13.1. The Morgan fingerprint density at radius 2 is 2.07 bits per heavy atom. The van der Waals surface area contributed by atoms with E-state index in [0.29, 0.717) is 50.8 Å². The number of alkyl halides is 3. The molecule has 0 saturated carbocycles. The molecule has 3 aliphatic rings.